The molecule has 1 saturated heterocycles. The topological polar surface area (TPSA) is 99.2 Å². The van der Waals surface area contributed by atoms with Crippen molar-refractivity contribution in [3.05, 3.63) is 29.8 Å². The van der Waals surface area contributed by atoms with Gasteiger partial charge in [0, 0.05) is 24.2 Å². The molecule has 0 saturated carbocycles. The van der Waals surface area contributed by atoms with E-state index in [0.717, 1.165) is 0 Å². The van der Waals surface area contributed by atoms with E-state index in [0.29, 0.717) is 30.0 Å². The maximum Gasteiger partial charge on any atom is 0.331 e. The van der Waals surface area contributed by atoms with Gasteiger partial charge in [0.15, 0.2) is 16.4 Å². The first-order valence-corrected chi connectivity index (χ1v) is 11.5. The van der Waals surface area contributed by atoms with E-state index in [4.69, 9.17) is 14.2 Å². The number of ether oxygens (including phenoxy) is 3. The molecule has 166 valence electrons. The fourth-order valence-corrected chi connectivity index (χ4v) is 4.99. The molecule has 1 fully saturated rings. The highest BCUT2D eigenvalue weighted by atomic mass is 32.2. The van der Waals surface area contributed by atoms with Crippen LogP contribution >= 0.6 is 0 Å². The first-order valence-electron chi connectivity index (χ1n) is 9.72. The summed E-state index contributed by atoms with van der Waals surface area (Å²) in [5.41, 5.74) is 0.623. The van der Waals surface area contributed by atoms with Crippen LogP contribution in [-0.2, 0) is 24.2 Å². The van der Waals surface area contributed by atoms with Gasteiger partial charge >= 0.3 is 5.97 Å². The number of rotatable bonds is 9. The summed E-state index contributed by atoms with van der Waals surface area (Å²) >= 11 is 0. The van der Waals surface area contributed by atoms with Crippen molar-refractivity contribution in [3.8, 4) is 11.5 Å². The number of esters is 1. The maximum atomic E-state index is 12.6. The Kier molecular flexibility index (Phi) is 8.28. The van der Waals surface area contributed by atoms with E-state index in [9.17, 15) is 18.0 Å². The van der Waals surface area contributed by atoms with Crippen molar-refractivity contribution in [3.63, 3.8) is 0 Å². The number of amides is 1. The lowest BCUT2D eigenvalue weighted by atomic mass is 10.1. The highest BCUT2D eigenvalue weighted by molar-refractivity contribution is 7.91. The molecule has 0 N–H and O–H groups in total. The zero-order valence-corrected chi connectivity index (χ0v) is 18.6. The van der Waals surface area contributed by atoms with Crippen molar-refractivity contribution in [2.24, 2.45) is 5.92 Å². The van der Waals surface area contributed by atoms with Gasteiger partial charge in [-0.15, -0.1) is 0 Å². The lowest BCUT2D eigenvalue weighted by molar-refractivity contribution is -0.149. The van der Waals surface area contributed by atoms with Gasteiger partial charge in [0.2, 0.25) is 0 Å². The normalized spacial score (nSPS) is 17.8. The van der Waals surface area contributed by atoms with Crippen molar-refractivity contribution in [1.82, 2.24) is 4.90 Å². The number of methoxy groups -OCH3 is 2. The molecule has 0 aliphatic carbocycles. The van der Waals surface area contributed by atoms with Gasteiger partial charge in [0.05, 0.1) is 25.7 Å². The smallest absolute Gasteiger partial charge is 0.331 e. The molecular formula is C21H29NO7S. The van der Waals surface area contributed by atoms with Crippen LogP contribution in [0, 0.1) is 5.92 Å². The van der Waals surface area contributed by atoms with E-state index >= 15 is 0 Å². The van der Waals surface area contributed by atoms with Crippen LogP contribution in [-0.4, -0.2) is 70.1 Å². The highest BCUT2D eigenvalue weighted by Crippen LogP contribution is 2.25. The quantitative estimate of drug-likeness (QED) is 0.428. The van der Waals surface area contributed by atoms with Gasteiger partial charge < -0.3 is 19.1 Å². The summed E-state index contributed by atoms with van der Waals surface area (Å²) in [5, 5.41) is 0. The second-order valence-corrected chi connectivity index (χ2v) is 9.77. The zero-order valence-electron chi connectivity index (χ0n) is 17.8. The molecule has 1 heterocycles. The molecule has 1 unspecified atom stereocenters. The van der Waals surface area contributed by atoms with Crippen LogP contribution in [0.5, 0.6) is 11.5 Å². The van der Waals surface area contributed by atoms with Crippen molar-refractivity contribution in [2.75, 3.05) is 38.9 Å². The predicted molar refractivity (Wildman–Crippen MR) is 113 cm³/mol. The largest absolute Gasteiger partial charge is 0.497 e. The summed E-state index contributed by atoms with van der Waals surface area (Å²) in [6.45, 7) is 3.86. The molecule has 0 bridgehead atoms. The number of benzene rings is 1. The molecule has 1 aliphatic rings. The van der Waals surface area contributed by atoms with E-state index in [1.54, 1.807) is 18.2 Å². The number of sulfone groups is 1. The second-order valence-electron chi connectivity index (χ2n) is 7.55. The summed E-state index contributed by atoms with van der Waals surface area (Å²) in [5.74, 6) is 0.271. The molecule has 8 nitrogen and oxygen atoms in total. The monoisotopic (exact) mass is 439 g/mol. The number of carbonyl (C=O) groups excluding carboxylic acids is 2. The van der Waals surface area contributed by atoms with Crippen LogP contribution in [0.1, 0.15) is 25.8 Å². The number of nitrogens with zero attached hydrogens (tertiary/aromatic N) is 1. The van der Waals surface area contributed by atoms with Crippen molar-refractivity contribution in [2.45, 2.75) is 26.3 Å². The van der Waals surface area contributed by atoms with E-state index in [-0.39, 0.29) is 23.5 Å². The highest BCUT2D eigenvalue weighted by Gasteiger charge is 2.35. The average Bonchev–Trinajstić information content (AvgIpc) is 3.07. The van der Waals surface area contributed by atoms with E-state index < -0.39 is 28.3 Å². The third-order valence-electron chi connectivity index (χ3n) is 4.71. The van der Waals surface area contributed by atoms with Crippen molar-refractivity contribution in [1.29, 1.82) is 0 Å². The molecule has 0 spiro atoms. The zero-order chi connectivity index (χ0) is 22.3. The summed E-state index contributed by atoms with van der Waals surface area (Å²) in [7, 11) is -0.0757. The predicted octanol–water partition coefficient (Wildman–Crippen LogP) is 1.93. The van der Waals surface area contributed by atoms with E-state index in [2.05, 4.69) is 0 Å². The standard InChI is InChI=1S/C21H29NO7S/c1-15(2)12-22(17-9-10-30(25,26)14-17)20(23)13-29-21(24)8-5-16-11-18(27-3)6-7-19(16)28-4/h5-8,11,15,17H,9-10,12-14H2,1-4H3/b8-5+. The van der Waals surface area contributed by atoms with Gasteiger partial charge in [-0.1, -0.05) is 13.8 Å². The number of carbonyl (C=O) groups is 2. The molecule has 2 rings (SSSR count). The van der Waals surface area contributed by atoms with Crippen LogP contribution in [0.15, 0.2) is 24.3 Å². The Bertz CT molecular complexity index is 893. The van der Waals surface area contributed by atoms with E-state index in [1.165, 1.54) is 31.3 Å². The Labute approximate surface area is 177 Å². The Morgan fingerprint density at radius 3 is 2.53 bits per heavy atom. The molecule has 1 atom stereocenters. The maximum absolute atomic E-state index is 12.6. The number of hydrogen-bond acceptors (Lipinski definition) is 7. The fraction of sp³-hybridized carbons (Fsp3) is 0.524. The third-order valence-corrected chi connectivity index (χ3v) is 6.46. The SMILES string of the molecule is COc1ccc(OC)c(/C=C/C(=O)OCC(=O)N(CC(C)C)C2CCS(=O)(=O)C2)c1. The summed E-state index contributed by atoms with van der Waals surface area (Å²) in [6.07, 6.45) is 3.13. The Hall–Kier alpha value is -2.55. The number of hydrogen-bond donors (Lipinski definition) is 0. The molecule has 1 aromatic rings. The van der Waals surface area contributed by atoms with Crippen molar-refractivity contribution >= 4 is 27.8 Å². The van der Waals surface area contributed by atoms with Gasteiger partial charge in [-0.05, 0) is 36.6 Å². The van der Waals surface area contributed by atoms with Gasteiger partial charge in [0.25, 0.3) is 5.91 Å². The summed E-state index contributed by atoms with van der Waals surface area (Å²) in [4.78, 5) is 26.3. The second kappa shape index (κ2) is 10.5. The molecule has 1 aliphatic heterocycles. The Morgan fingerprint density at radius 1 is 1.23 bits per heavy atom. The lowest BCUT2D eigenvalue weighted by Gasteiger charge is -2.29. The molecule has 30 heavy (non-hydrogen) atoms. The Morgan fingerprint density at radius 2 is 1.97 bits per heavy atom. The van der Waals surface area contributed by atoms with Gasteiger partial charge in [-0.2, -0.15) is 0 Å². The summed E-state index contributed by atoms with van der Waals surface area (Å²) < 4.78 is 39.1. The van der Waals surface area contributed by atoms with Crippen LogP contribution in [0.4, 0.5) is 0 Å². The average molecular weight is 440 g/mol. The lowest BCUT2D eigenvalue weighted by Crippen LogP contribution is -2.45. The molecule has 1 aromatic carbocycles. The minimum atomic E-state index is -3.13. The third kappa shape index (κ3) is 6.76. The van der Waals surface area contributed by atoms with Crippen LogP contribution in [0.25, 0.3) is 6.08 Å². The first kappa shape index (κ1) is 23.7. The van der Waals surface area contributed by atoms with Crippen LogP contribution in [0.3, 0.4) is 0 Å². The minimum absolute atomic E-state index is 0.0467. The van der Waals surface area contributed by atoms with Crippen LogP contribution < -0.4 is 9.47 Å². The molecule has 1 amide bonds. The minimum Gasteiger partial charge on any atom is -0.497 e. The molecule has 0 radical (unpaired) electrons. The molecule has 9 heteroatoms. The molecule has 0 aromatic heterocycles. The summed E-state index contributed by atoms with van der Waals surface area (Å²) in [6, 6.07) is 4.78. The van der Waals surface area contributed by atoms with Gasteiger partial charge in [0.1, 0.15) is 11.5 Å². The van der Waals surface area contributed by atoms with Gasteiger partial charge in [-0.3, -0.25) is 4.79 Å². The first-order chi connectivity index (χ1) is 14.1. The van der Waals surface area contributed by atoms with Gasteiger partial charge in [-0.25, -0.2) is 13.2 Å². The Balaban J connectivity index is 2.00. The van der Waals surface area contributed by atoms with E-state index in [1.807, 2.05) is 13.8 Å². The molecular weight excluding hydrogens is 410 g/mol. The van der Waals surface area contributed by atoms with Crippen LogP contribution in [0.2, 0.25) is 0 Å². The van der Waals surface area contributed by atoms with Crippen molar-refractivity contribution < 1.29 is 32.2 Å². The fourth-order valence-electron chi connectivity index (χ4n) is 3.26.